The van der Waals surface area contributed by atoms with E-state index in [1.165, 1.54) is 0 Å². The van der Waals surface area contributed by atoms with E-state index in [-0.39, 0.29) is 12.1 Å². The molecule has 30 heavy (non-hydrogen) atoms. The average Bonchev–Trinajstić information content (AvgIpc) is 3.34. The summed E-state index contributed by atoms with van der Waals surface area (Å²) in [5.74, 6) is 1.59. The number of aldehydes is 1. The zero-order valence-electron chi connectivity index (χ0n) is 17.4. The Labute approximate surface area is 177 Å². The van der Waals surface area contributed by atoms with Crippen LogP contribution in [0.15, 0.2) is 61.2 Å². The maximum Gasteiger partial charge on any atom is 0.137 e. The first kappa shape index (κ1) is 20.2. The predicted octanol–water partition coefficient (Wildman–Crippen LogP) is 4.18. The summed E-state index contributed by atoms with van der Waals surface area (Å²) in [6.07, 6.45) is 9.35. The van der Waals surface area contributed by atoms with Crippen LogP contribution in [0.5, 0.6) is 11.5 Å². The Balaban J connectivity index is 1.71. The SMILES string of the molecule is COc1cccc(OC)c1C1CCCC(C=O)N1Cc1cccc(-n2ccnc2)c1. The molecule has 0 N–H and O–H groups in total. The van der Waals surface area contributed by atoms with E-state index < -0.39 is 0 Å². The molecule has 1 saturated heterocycles. The lowest BCUT2D eigenvalue weighted by molar-refractivity contribution is -0.115. The molecule has 0 bridgehead atoms. The van der Waals surface area contributed by atoms with Crippen molar-refractivity contribution in [2.75, 3.05) is 14.2 Å². The third-order valence-corrected chi connectivity index (χ3v) is 5.84. The van der Waals surface area contributed by atoms with E-state index in [1.54, 1.807) is 26.7 Å². The largest absolute Gasteiger partial charge is 0.496 e. The van der Waals surface area contributed by atoms with Crippen LogP contribution in [0, 0.1) is 0 Å². The highest BCUT2D eigenvalue weighted by molar-refractivity contribution is 5.59. The topological polar surface area (TPSA) is 56.6 Å². The van der Waals surface area contributed by atoms with Gasteiger partial charge in [-0.3, -0.25) is 4.90 Å². The Morgan fingerprint density at radius 3 is 2.53 bits per heavy atom. The van der Waals surface area contributed by atoms with E-state index in [0.717, 1.165) is 53.9 Å². The number of aromatic nitrogens is 2. The quantitative estimate of drug-likeness (QED) is 0.552. The first-order chi connectivity index (χ1) is 14.7. The van der Waals surface area contributed by atoms with Crippen molar-refractivity contribution in [1.82, 2.24) is 14.5 Å². The third-order valence-electron chi connectivity index (χ3n) is 5.84. The maximum atomic E-state index is 12.0. The van der Waals surface area contributed by atoms with Gasteiger partial charge in [-0.1, -0.05) is 18.2 Å². The fourth-order valence-corrected chi connectivity index (χ4v) is 4.41. The van der Waals surface area contributed by atoms with Gasteiger partial charge in [-0.05, 0) is 49.1 Å². The number of piperidine rings is 1. The molecule has 0 amide bonds. The van der Waals surface area contributed by atoms with E-state index in [4.69, 9.17) is 9.47 Å². The summed E-state index contributed by atoms with van der Waals surface area (Å²) in [5, 5.41) is 0. The Morgan fingerprint density at radius 1 is 1.10 bits per heavy atom. The van der Waals surface area contributed by atoms with E-state index in [9.17, 15) is 4.79 Å². The molecule has 0 saturated carbocycles. The van der Waals surface area contributed by atoms with Crippen molar-refractivity contribution < 1.29 is 14.3 Å². The molecule has 0 aliphatic carbocycles. The van der Waals surface area contributed by atoms with Gasteiger partial charge in [0.1, 0.15) is 17.8 Å². The highest BCUT2D eigenvalue weighted by atomic mass is 16.5. The van der Waals surface area contributed by atoms with Crippen molar-refractivity contribution in [1.29, 1.82) is 0 Å². The number of carbonyl (C=O) groups is 1. The second kappa shape index (κ2) is 9.13. The van der Waals surface area contributed by atoms with Crippen LogP contribution in [0.2, 0.25) is 0 Å². The molecule has 1 aliphatic heterocycles. The van der Waals surface area contributed by atoms with Crippen LogP contribution < -0.4 is 9.47 Å². The van der Waals surface area contributed by atoms with Crippen molar-refractivity contribution >= 4 is 6.29 Å². The Kier molecular flexibility index (Phi) is 6.14. The molecule has 2 unspecified atom stereocenters. The van der Waals surface area contributed by atoms with Gasteiger partial charge in [0.15, 0.2) is 0 Å². The van der Waals surface area contributed by atoms with Gasteiger partial charge in [0.2, 0.25) is 0 Å². The predicted molar refractivity (Wildman–Crippen MR) is 115 cm³/mol. The van der Waals surface area contributed by atoms with E-state index in [2.05, 4.69) is 28.1 Å². The molecule has 4 rings (SSSR count). The monoisotopic (exact) mass is 405 g/mol. The highest BCUT2D eigenvalue weighted by Gasteiger charge is 2.34. The van der Waals surface area contributed by atoms with Crippen LogP contribution in [0.4, 0.5) is 0 Å². The van der Waals surface area contributed by atoms with Gasteiger partial charge >= 0.3 is 0 Å². The van der Waals surface area contributed by atoms with Crippen LogP contribution in [0.3, 0.4) is 0 Å². The summed E-state index contributed by atoms with van der Waals surface area (Å²) in [6.45, 7) is 0.664. The summed E-state index contributed by atoms with van der Waals surface area (Å²) < 4.78 is 13.3. The van der Waals surface area contributed by atoms with Crippen LogP contribution in [0.1, 0.15) is 36.4 Å². The number of rotatable bonds is 7. The molecule has 1 aromatic heterocycles. The second-order valence-electron chi connectivity index (χ2n) is 7.54. The third kappa shape index (κ3) is 3.96. The second-order valence-corrected chi connectivity index (χ2v) is 7.54. The van der Waals surface area contributed by atoms with E-state index >= 15 is 0 Å². The minimum absolute atomic E-state index is 0.0388. The van der Waals surface area contributed by atoms with Crippen molar-refractivity contribution in [2.24, 2.45) is 0 Å². The fraction of sp³-hybridized carbons (Fsp3) is 0.333. The minimum Gasteiger partial charge on any atom is -0.496 e. The van der Waals surface area contributed by atoms with E-state index in [1.807, 2.05) is 35.0 Å². The molecule has 6 heteroatoms. The molecule has 6 nitrogen and oxygen atoms in total. The van der Waals surface area contributed by atoms with Gasteiger partial charge in [0.05, 0.1) is 32.2 Å². The number of hydrogen-bond donors (Lipinski definition) is 0. The standard InChI is InChI=1S/C24H27N3O3/c1-29-22-10-5-11-23(30-2)24(22)21-9-4-8-20(16-28)27(21)15-18-6-3-7-19(14-18)26-13-12-25-17-26/h3,5-7,10-14,16-17,20-21H,4,8-9,15H2,1-2H3. The number of hydrogen-bond acceptors (Lipinski definition) is 5. The first-order valence-electron chi connectivity index (χ1n) is 10.2. The van der Waals surface area contributed by atoms with Gasteiger partial charge in [-0.15, -0.1) is 0 Å². The van der Waals surface area contributed by atoms with Crippen LogP contribution >= 0.6 is 0 Å². The molecule has 1 fully saturated rings. The Bertz CT molecular complexity index is 965. The number of methoxy groups -OCH3 is 2. The molecule has 0 spiro atoms. The highest BCUT2D eigenvalue weighted by Crippen LogP contribution is 2.43. The summed E-state index contributed by atoms with van der Waals surface area (Å²) >= 11 is 0. The van der Waals surface area contributed by atoms with Gasteiger partial charge in [0, 0.05) is 30.7 Å². The molecule has 2 atom stereocenters. The molecular formula is C24H27N3O3. The van der Waals surface area contributed by atoms with Crippen LogP contribution in [0.25, 0.3) is 5.69 Å². The zero-order valence-corrected chi connectivity index (χ0v) is 17.4. The van der Waals surface area contributed by atoms with Crippen molar-refractivity contribution in [3.05, 3.63) is 72.3 Å². The molecule has 1 aliphatic rings. The molecule has 156 valence electrons. The van der Waals surface area contributed by atoms with Gasteiger partial charge in [0.25, 0.3) is 0 Å². The van der Waals surface area contributed by atoms with Crippen LogP contribution in [-0.2, 0) is 11.3 Å². The zero-order chi connectivity index (χ0) is 20.9. The smallest absolute Gasteiger partial charge is 0.137 e. The molecule has 3 aromatic rings. The lowest BCUT2D eigenvalue weighted by Crippen LogP contribution is -2.42. The first-order valence-corrected chi connectivity index (χ1v) is 10.2. The minimum atomic E-state index is -0.143. The molecule has 2 aromatic carbocycles. The number of ether oxygens (including phenoxy) is 2. The summed E-state index contributed by atoms with van der Waals surface area (Å²) in [6, 6.07) is 14.1. The number of imidazole rings is 1. The molecule has 2 heterocycles. The number of nitrogens with zero attached hydrogens (tertiary/aromatic N) is 3. The summed E-state index contributed by atoms with van der Waals surface area (Å²) in [5.41, 5.74) is 3.21. The average molecular weight is 405 g/mol. The number of benzene rings is 2. The summed E-state index contributed by atoms with van der Waals surface area (Å²) in [4.78, 5) is 18.4. The molecule has 0 radical (unpaired) electrons. The van der Waals surface area contributed by atoms with Crippen molar-refractivity contribution in [3.63, 3.8) is 0 Å². The number of carbonyl (C=O) groups excluding carboxylic acids is 1. The maximum absolute atomic E-state index is 12.0. The number of likely N-dealkylation sites (tertiary alicyclic amines) is 1. The van der Waals surface area contributed by atoms with Crippen molar-refractivity contribution in [3.8, 4) is 17.2 Å². The van der Waals surface area contributed by atoms with Crippen LogP contribution in [-0.4, -0.2) is 41.0 Å². The van der Waals surface area contributed by atoms with Gasteiger partial charge in [-0.25, -0.2) is 4.98 Å². The normalized spacial score (nSPS) is 19.4. The Morgan fingerprint density at radius 2 is 1.87 bits per heavy atom. The van der Waals surface area contributed by atoms with Crippen molar-refractivity contribution in [2.45, 2.75) is 37.9 Å². The molecular weight excluding hydrogens is 378 g/mol. The van der Waals surface area contributed by atoms with Gasteiger partial charge in [-0.2, -0.15) is 0 Å². The van der Waals surface area contributed by atoms with Gasteiger partial charge < -0.3 is 18.8 Å². The lowest BCUT2D eigenvalue weighted by Gasteiger charge is -2.41. The Hall–Kier alpha value is -3.12. The fourth-order valence-electron chi connectivity index (χ4n) is 4.41. The van der Waals surface area contributed by atoms with E-state index in [0.29, 0.717) is 6.54 Å². The lowest BCUT2D eigenvalue weighted by atomic mass is 9.89. The summed E-state index contributed by atoms with van der Waals surface area (Å²) in [7, 11) is 3.36.